The van der Waals surface area contributed by atoms with Crippen molar-refractivity contribution >= 4 is 64.9 Å². The van der Waals surface area contributed by atoms with Crippen LogP contribution in [0, 0.1) is 0 Å². The summed E-state index contributed by atoms with van der Waals surface area (Å²) in [4.78, 5) is 9.93. The summed E-state index contributed by atoms with van der Waals surface area (Å²) in [5.74, 6) is 1.71. The Kier molecular flexibility index (Phi) is 7.91. The van der Waals surface area contributed by atoms with E-state index >= 15 is 0 Å². The first-order valence-electron chi connectivity index (χ1n) is 21.5. The molecule has 0 aliphatic rings. The van der Waals surface area contributed by atoms with E-state index in [2.05, 4.69) is 206 Å². The van der Waals surface area contributed by atoms with Gasteiger partial charge in [0.2, 0.25) is 0 Å². The summed E-state index contributed by atoms with van der Waals surface area (Å²) in [5, 5.41) is 12.0. The van der Waals surface area contributed by atoms with Gasteiger partial charge in [0.05, 0.1) is 16.7 Å². The van der Waals surface area contributed by atoms with Crippen LogP contribution in [-0.2, 0) is 0 Å². The molecule has 0 radical (unpaired) electrons. The van der Waals surface area contributed by atoms with Crippen molar-refractivity contribution in [2.45, 2.75) is 0 Å². The van der Waals surface area contributed by atoms with Crippen molar-refractivity contribution in [1.82, 2.24) is 9.97 Å². The zero-order chi connectivity index (χ0) is 41.4. The summed E-state index contributed by atoms with van der Waals surface area (Å²) in [6, 6.07) is 76.1. The van der Waals surface area contributed by atoms with Crippen LogP contribution in [-0.4, -0.2) is 9.97 Å². The maximum Gasteiger partial charge on any atom is 0.143 e. The molecule has 13 aromatic rings. The SMILES string of the molecule is c1ccc(-c2c(-c3ccc(-c4ccc(-c5ccc6ccc7cccnc7c6n5)c5ccccc45)cc3)oc(-c3ccc4ccc5cccc6ccc3c4c56)c2-c2ccccc2)cc1. The zero-order valence-electron chi connectivity index (χ0n) is 34.1. The lowest BCUT2D eigenvalue weighted by atomic mass is 9.88. The van der Waals surface area contributed by atoms with Crippen molar-refractivity contribution in [3.05, 3.63) is 219 Å². The average molecular weight is 801 g/mol. The first-order valence-corrected chi connectivity index (χ1v) is 21.5. The molecule has 3 aromatic heterocycles. The van der Waals surface area contributed by atoms with Gasteiger partial charge in [-0.15, -0.1) is 0 Å². The Morgan fingerprint density at radius 2 is 0.841 bits per heavy atom. The fourth-order valence-corrected chi connectivity index (χ4v) is 9.97. The van der Waals surface area contributed by atoms with Crippen LogP contribution < -0.4 is 0 Å². The highest BCUT2D eigenvalue weighted by atomic mass is 16.3. The van der Waals surface area contributed by atoms with Gasteiger partial charge in [0.15, 0.2) is 0 Å². The Labute approximate surface area is 363 Å². The van der Waals surface area contributed by atoms with Crippen LogP contribution in [0.5, 0.6) is 0 Å². The van der Waals surface area contributed by atoms with Gasteiger partial charge in [0.1, 0.15) is 11.5 Å². The molecule has 63 heavy (non-hydrogen) atoms. The van der Waals surface area contributed by atoms with E-state index in [1.54, 1.807) is 0 Å². The summed E-state index contributed by atoms with van der Waals surface area (Å²) in [6.45, 7) is 0. The van der Waals surface area contributed by atoms with Gasteiger partial charge in [-0.05, 0) is 83.5 Å². The number of rotatable bonds is 6. The molecule has 3 heteroatoms. The highest BCUT2D eigenvalue weighted by molar-refractivity contribution is 6.26. The van der Waals surface area contributed by atoms with Crippen molar-refractivity contribution < 1.29 is 4.42 Å². The predicted octanol–water partition coefficient (Wildman–Crippen LogP) is 16.4. The van der Waals surface area contributed by atoms with E-state index in [1.165, 1.54) is 37.7 Å². The number of aromatic nitrogens is 2. The van der Waals surface area contributed by atoms with Crippen LogP contribution in [0.25, 0.3) is 132 Å². The molecule has 10 aromatic carbocycles. The number of hydrogen-bond donors (Lipinski definition) is 0. The van der Waals surface area contributed by atoms with Crippen molar-refractivity contribution in [3.63, 3.8) is 0 Å². The standard InChI is InChI=1S/C60H36N2O/c1-3-11-38(12-4-1)55-56(39-13-5-2-6-14-39)60(51-32-29-42-23-22-40-15-9-16-41-28-31-50(51)54(42)53(40)41)63-59(55)45-26-20-37(21-27-45)46-33-34-49(48-19-8-7-18-47(46)48)52-35-30-44-25-24-43-17-10-36-61-57(43)58(44)62-52/h1-36H. The number of hydrogen-bond acceptors (Lipinski definition) is 3. The molecule has 0 saturated carbocycles. The summed E-state index contributed by atoms with van der Waals surface area (Å²) >= 11 is 0. The Balaban J connectivity index is 0.980. The minimum Gasteiger partial charge on any atom is -0.455 e. The zero-order valence-corrected chi connectivity index (χ0v) is 34.1. The molecular weight excluding hydrogens is 765 g/mol. The molecule has 0 aliphatic carbocycles. The molecule has 0 aliphatic heterocycles. The molecule has 3 heterocycles. The average Bonchev–Trinajstić information content (AvgIpc) is 3.76. The second-order valence-corrected chi connectivity index (χ2v) is 16.4. The van der Waals surface area contributed by atoms with Gasteiger partial charge in [-0.2, -0.15) is 0 Å². The molecular formula is C60H36N2O. The van der Waals surface area contributed by atoms with E-state index in [9.17, 15) is 0 Å². The fraction of sp³-hybridized carbons (Fsp3) is 0. The molecule has 0 fully saturated rings. The largest absolute Gasteiger partial charge is 0.455 e. The normalized spacial score (nSPS) is 11.8. The molecule has 0 spiro atoms. The number of nitrogens with zero attached hydrogens (tertiary/aromatic N) is 2. The van der Waals surface area contributed by atoms with Gasteiger partial charge in [0, 0.05) is 44.8 Å². The van der Waals surface area contributed by atoms with Crippen LogP contribution in [0.15, 0.2) is 223 Å². The van der Waals surface area contributed by atoms with Gasteiger partial charge in [-0.3, -0.25) is 4.98 Å². The second kappa shape index (κ2) is 14.1. The Hall–Kier alpha value is -8.40. The Morgan fingerprint density at radius 3 is 1.59 bits per heavy atom. The lowest BCUT2D eigenvalue weighted by Crippen LogP contribution is -1.91. The summed E-state index contributed by atoms with van der Waals surface area (Å²) in [5.41, 5.74) is 12.6. The van der Waals surface area contributed by atoms with E-state index in [0.717, 1.165) is 94.5 Å². The maximum atomic E-state index is 7.34. The first-order chi connectivity index (χ1) is 31.2. The third kappa shape index (κ3) is 5.60. The molecule has 0 N–H and O–H groups in total. The van der Waals surface area contributed by atoms with Crippen LogP contribution in [0.3, 0.4) is 0 Å². The number of pyridine rings is 2. The quantitative estimate of drug-likeness (QED) is 0.157. The van der Waals surface area contributed by atoms with Gasteiger partial charge < -0.3 is 4.42 Å². The van der Waals surface area contributed by atoms with E-state index < -0.39 is 0 Å². The van der Waals surface area contributed by atoms with Crippen LogP contribution in [0.1, 0.15) is 0 Å². The van der Waals surface area contributed by atoms with Gasteiger partial charge in [-0.1, -0.05) is 194 Å². The highest BCUT2D eigenvalue weighted by Gasteiger charge is 2.27. The molecule has 3 nitrogen and oxygen atoms in total. The van der Waals surface area contributed by atoms with E-state index in [0.29, 0.717) is 0 Å². The molecule has 0 atom stereocenters. The maximum absolute atomic E-state index is 7.34. The number of furan rings is 1. The number of fused-ring (bicyclic) bond motifs is 4. The van der Waals surface area contributed by atoms with Crippen molar-refractivity contribution in [3.8, 4) is 67.3 Å². The minimum atomic E-state index is 0.844. The Bertz CT molecular complexity index is 3870. The smallest absolute Gasteiger partial charge is 0.143 e. The minimum absolute atomic E-state index is 0.844. The van der Waals surface area contributed by atoms with Crippen molar-refractivity contribution in [2.75, 3.05) is 0 Å². The molecule has 0 bridgehead atoms. The Morgan fingerprint density at radius 1 is 0.302 bits per heavy atom. The van der Waals surface area contributed by atoms with Crippen molar-refractivity contribution in [2.24, 2.45) is 0 Å². The van der Waals surface area contributed by atoms with Crippen LogP contribution in [0.2, 0.25) is 0 Å². The lowest BCUT2D eigenvalue weighted by Gasteiger charge is -2.14. The van der Waals surface area contributed by atoms with E-state index in [4.69, 9.17) is 14.4 Å². The monoisotopic (exact) mass is 800 g/mol. The molecule has 0 amide bonds. The van der Waals surface area contributed by atoms with E-state index in [-0.39, 0.29) is 0 Å². The lowest BCUT2D eigenvalue weighted by molar-refractivity contribution is 0.599. The fourth-order valence-electron chi connectivity index (χ4n) is 9.97. The third-order valence-electron chi connectivity index (χ3n) is 12.9. The molecule has 292 valence electrons. The molecule has 0 saturated heterocycles. The van der Waals surface area contributed by atoms with Gasteiger partial charge in [-0.25, -0.2) is 4.98 Å². The summed E-state index contributed by atoms with van der Waals surface area (Å²) in [6.07, 6.45) is 1.84. The first kappa shape index (κ1) is 35.4. The number of benzene rings is 10. The van der Waals surface area contributed by atoms with Gasteiger partial charge in [0.25, 0.3) is 0 Å². The van der Waals surface area contributed by atoms with Gasteiger partial charge >= 0.3 is 0 Å². The summed E-state index contributed by atoms with van der Waals surface area (Å²) < 4.78 is 7.34. The second-order valence-electron chi connectivity index (χ2n) is 16.4. The molecule has 0 unspecified atom stereocenters. The van der Waals surface area contributed by atoms with Crippen LogP contribution in [0.4, 0.5) is 0 Å². The third-order valence-corrected chi connectivity index (χ3v) is 12.9. The topological polar surface area (TPSA) is 38.9 Å². The van der Waals surface area contributed by atoms with Crippen molar-refractivity contribution in [1.29, 1.82) is 0 Å². The molecule has 13 rings (SSSR count). The highest BCUT2D eigenvalue weighted by Crippen LogP contribution is 2.51. The van der Waals surface area contributed by atoms with E-state index in [1.807, 2.05) is 12.3 Å². The predicted molar refractivity (Wildman–Crippen MR) is 263 cm³/mol. The summed E-state index contributed by atoms with van der Waals surface area (Å²) in [7, 11) is 0. The van der Waals surface area contributed by atoms with Crippen LogP contribution >= 0.6 is 0 Å².